The molecule has 2 aliphatic rings. The van der Waals surface area contributed by atoms with Gasteiger partial charge in [0.2, 0.25) is 0 Å². The number of nitrogens with two attached hydrogens (primary N) is 1. The van der Waals surface area contributed by atoms with Gasteiger partial charge in [0.1, 0.15) is 0 Å². The highest BCUT2D eigenvalue weighted by molar-refractivity contribution is 4.93. The first kappa shape index (κ1) is 9.51. The first-order valence-corrected chi connectivity index (χ1v) is 5.89. The maximum Gasteiger partial charge on any atom is 0.0126 e. The minimum atomic E-state index is 0.106. The summed E-state index contributed by atoms with van der Waals surface area (Å²) in [6.45, 7) is 4.44. The molecule has 2 aliphatic carbocycles. The summed E-state index contributed by atoms with van der Waals surface area (Å²) in [5.41, 5.74) is 6.33. The maximum absolute atomic E-state index is 6.23. The highest BCUT2D eigenvalue weighted by Crippen LogP contribution is 2.50. The van der Waals surface area contributed by atoms with E-state index in [2.05, 4.69) is 13.8 Å². The zero-order chi connectivity index (χ0) is 9.47. The van der Waals surface area contributed by atoms with Crippen LogP contribution in [0.15, 0.2) is 0 Å². The third kappa shape index (κ3) is 1.90. The lowest BCUT2D eigenvalue weighted by Gasteiger charge is -2.31. The molecule has 2 saturated carbocycles. The van der Waals surface area contributed by atoms with Gasteiger partial charge in [-0.25, -0.2) is 0 Å². The van der Waals surface area contributed by atoms with Gasteiger partial charge in [-0.05, 0) is 56.8 Å². The minimum Gasteiger partial charge on any atom is -0.325 e. The summed E-state index contributed by atoms with van der Waals surface area (Å²) in [5, 5.41) is 0. The molecule has 2 rings (SSSR count). The van der Waals surface area contributed by atoms with Gasteiger partial charge < -0.3 is 5.73 Å². The van der Waals surface area contributed by atoms with E-state index in [1.807, 2.05) is 0 Å². The van der Waals surface area contributed by atoms with Gasteiger partial charge >= 0.3 is 0 Å². The third-order valence-electron chi connectivity index (χ3n) is 4.42. The predicted octanol–water partition coefficient (Wildman–Crippen LogP) is 2.94. The molecule has 2 bridgehead atoms. The topological polar surface area (TPSA) is 26.0 Å². The zero-order valence-electron chi connectivity index (χ0n) is 9.05. The summed E-state index contributed by atoms with van der Waals surface area (Å²) in [4.78, 5) is 0. The van der Waals surface area contributed by atoms with Crippen molar-refractivity contribution in [3.8, 4) is 0 Å². The molecule has 1 nitrogen and oxygen atoms in total. The van der Waals surface area contributed by atoms with Gasteiger partial charge in [0.25, 0.3) is 0 Å². The van der Waals surface area contributed by atoms with Crippen molar-refractivity contribution in [1.29, 1.82) is 0 Å². The number of rotatable bonds is 3. The van der Waals surface area contributed by atoms with Crippen LogP contribution < -0.4 is 5.73 Å². The monoisotopic (exact) mass is 181 g/mol. The van der Waals surface area contributed by atoms with E-state index in [1.165, 1.54) is 32.1 Å². The van der Waals surface area contributed by atoms with Crippen molar-refractivity contribution in [3.63, 3.8) is 0 Å². The van der Waals surface area contributed by atoms with Gasteiger partial charge in [-0.1, -0.05) is 13.3 Å². The number of hydrogen-bond acceptors (Lipinski definition) is 1. The Morgan fingerprint density at radius 2 is 2.08 bits per heavy atom. The van der Waals surface area contributed by atoms with Crippen molar-refractivity contribution >= 4 is 0 Å². The van der Waals surface area contributed by atoms with Crippen LogP contribution in [0.5, 0.6) is 0 Å². The molecule has 76 valence electrons. The van der Waals surface area contributed by atoms with Crippen LogP contribution in [0.2, 0.25) is 0 Å². The van der Waals surface area contributed by atoms with Crippen LogP contribution in [0.1, 0.15) is 52.4 Å². The Hall–Kier alpha value is -0.0400. The first-order valence-electron chi connectivity index (χ1n) is 5.89. The predicted molar refractivity (Wildman–Crippen MR) is 56.4 cm³/mol. The van der Waals surface area contributed by atoms with Gasteiger partial charge in [0, 0.05) is 5.54 Å². The molecule has 0 radical (unpaired) electrons. The summed E-state index contributed by atoms with van der Waals surface area (Å²) in [7, 11) is 0. The zero-order valence-corrected chi connectivity index (χ0v) is 9.05. The summed E-state index contributed by atoms with van der Waals surface area (Å²) in [5.74, 6) is 3.08. The van der Waals surface area contributed by atoms with E-state index in [0.717, 1.165) is 24.2 Å². The Kier molecular flexibility index (Phi) is 2.39. The van der Waals surface area contributed by atoms with Crippen LogP contribution in [-0.4, -0.2) is 5.54 Å². The van der Waals surface area contributed by atoms with Crippen LogP contribution in [0.4, 0.5) is 0 Å². The van der Waals surface area contributed by atoms with Crippen molar-refractivity contribution in [2.24, 2.45) is 23.5 Å². The van der Waals surface area contributed by atoms with Crippen LogP contribution in [0, 0.1) is 17.8 Å². The molecule has 0 aromatic heterocycles. The van der Waals surface area contributed by atoms with E-state index in [1.54, 1.807) is 0 Å². The third-order valence-corrected chi connectivity index (χ3v) is 4.42. The average Bonchev–Trinajstić information content (AvgIpc) is 2.64. The Balaban J connectivity index is 1.89. The fraction of sp³-hybridized carbons (Fsp3) is 1.00. The molecular weight excluding hydrogens is 158 g/mol. The first-order chi connectivity index (χ1) is 6.11. The number of fused-ring (bicyclic) bond motifs is 2. The van der Waals surface area contributed by atoms with E-state index in [9.17, 15) is 0 Å². The molecule has 0 aliphatic heterocycles. The van der Waals surface area contributed by atoms with Crippen molar-refractivity contribution in [2.75, 3.05) is 0 Å². The lowest BCUT2D eigenvalue weighted by molar-refractivity contribution is 0.247. The second-order valence-electron chi connectivity index (χ2n) is 5.65. The minimum absolute atomic E-state index is 0.106. The fourth-order valence-electron chi connectivity index (χ4n) is 3.37. The van der Waals surface area contributed by atoms with Gasteiger partial charge in [-0.3, -0.25) is 0 Å². The maximum atomic E-state index is 6.23. The molecule has 0 spiro atoms. The summed E-state index contributed by atoms with van der Waals surface area (Å²) in [6.07, 6.45) is 8.40. The smallest absolute Gasteiger partial charge is 0.0126 e. The molecule has 0 amide bonds. The van der Waals surface area contributed by atoms with E-state index < -0.39 is 0 Å². The Labute approximate surface area is 82.1 Å². The molecule has 1 heteroatoms. The van der Waals surface area contributed by atoms with Crippen LogP contribution in [-0.2, 0) is 0 Å². The van der Waals surface area contributed by atoms with Crippen LogP contribution in [0.3, 0.4) is 0 Å². The largest absolute Gasteiger partial charge is 0.325 e. The molecule has 0 aromatic carbocycles. The van der Waals surface area contributed by atoms with Crippen molar-refractivity contribution in [2.45, 2.75) is 57.9 Å². The summed E-state index contributed by atoms with van der Waals surface area (Å²) < 4.78 is 0. The highest BCUT2D eigenvalue weighted by Gasteiger charge is 2.41. The van der Waals surface area contributed by atoms with E-state index in [-0.39, 0.29) is 5.54 Å². The molecule has 13 heavy (non-hydrogen) atoms. The highest BCUT2D eigenvalue weighted by atomic mass is 14.7. The van der Waals surface area contributed by atoms with E-state index in [0.29, 0.717) is 0 Å². The Morgan fingerprint density at radius 1 is 1.31 bits per heavy atom. The van der Waals surface area contributed by atoms with Gasteiger partial charge in [-0.2, -0.15) is 0 Å². The van der Waals surface area contributed by atoms with E-state index in [4.69, 9.17) is 5.73 Å². The normalized spacial score (nSPS) is 42.2. The van der Waals surface area contributed by atoms with Gasteiger partial charge in [-0.15, -0.1) is 0 Å². The molecular formula is C12H23N. The quantitative estimate of drug-likeness (QED) is 0.711. The van der Waals surface area contributed by atoms with Crippen molar-refractivity contribution < 1.29 is 0 Å². The average molecular weight is 181 g/mol. The molecule has 2 N–H and O–H groups in total. The lowest BCUT2D eigenvalue weighted by Crippen LogP contribution is -2.38. The van der Waals surface area contributed by atoms with Crippen LogP contribution >= 0.6 is 0 Å². The van der Waals surface area contributed by atoms with E-state index >= 15 is 0 Å². The molecule has 4 atom stereocenters. The standard InChI is InChI=1S/C12H23N/c1-3-12(2,13)8-11-7-9-4-5-10(11)6-9/h9-11H,3-8,13H2,1-2H3. The molecule has 4 unspecified atom stereocenters. The second kappa shape index (κ2) is 3.27. The molecule has 0 heterocycles. The van der Waals surface area contributed by atoms with Crippen molar-refractivity contribution in [3.05, 3.63) is 0 Å². The molecule has 2 fully saturated rings. The Bertz CT molecular complexity index is 186. The van der Waals surface area contributed by atoms with Crippen LogP contribution in [0.25, 0.3) is 0 Å². The Morgan fingerprint density at radius 3 is 2.54 bits per heavy atom. The summed E-state index contributed by atoms with van der Waals surface area (Å²) in [6, 6.07) is 0. The second-order valence-corrected chi connectivity index (χ2v) is 5.65. The fourth-order valence-corrected chi connectivity index (χ4v) is 3.37. The van der Waals surface area contributed by atoms with Gasteiger partial charge in [0.05, 0.1) is 0 Å². The lowest BCUT2D eigenvalue weighted by atomic mass is 9.79. The summed E-state index contributed by atoms with van der Waals surface area (Å²) >= 11 is 0. The molecule has 0 aromatic rings. The molecule has 0 saturated heterocycles. The SMILES string of the molecule is CCC(C)(N)CC1CC2CCC1C2. The number of hydrogen-bond donors (Lipinski definition) is 1. The van der Waals surface area contributed by atoms with Crippen molar-refractivity contribution in [1.82, 2.24) is 0 Å². The van der Waals surface area contributed by atoms with Gasteiger partial charge in [0.15, 0.2) is 0 Å².